The highest BCUT2D eigenvalue weighted by Gasteiger charge is 2.24. The smallest absolute Gasteiger partial charge is 0.249 e. The van der Waals surface area contributed by atoms with Crippen molar-refractivity contribution >= 4 is 23.0 Å². The van der Waals surface area contributed by atoms with E-state index in [0.29, 0.717) is 17.3 Å². The topological polar surface area (TPSA) is 97.3 Å². The summed E-state index contributed by atoms with van der Waals surface area (Å²) in [5.74, 6) is -0.456. The molecule has 0 radical (unpaired) electrons. The Balaban J connectivity index is 1.60. The second kappa shape index (κ2) is 7.60. The Bertz CT molecular complexity index is 989. The largest absolute Gasteiger partial charge is 0.398 e. The van der Waals surface area contributed by atoms with Crippen molar-refractivity contribution in [2.24, 2.45) is 5.73 Å². The number of benzene rings is 2. The zero-order valence-corrected chi connectivity index (χ0v) is 15.5. The first-order valence-electron chi connectivity index (χ1n) is 9.32. The summed E-state index contributed by atoms with van der Waals surface area (Å²) in [6, 6.07) is 17.6. The van der Waals surface area contributed by atoms with E-state index < -0.39 is 5.91 Å². The van der Waals surface area contributed by atoms with Crippen LogP contribution in [0.1, 0.15) is 16.8 Å². The number of amides is 1. The molecule has 1 atom stereocenters. The number of para-hydroxylation sites is 1. The van der Waals surface area contributed by atoms with Crippen LogP contribution >= 0.6 is 0 Å². The second-order valence-corrected chi connectivity index (χ2v) is 7.00. The minimum absolute atomic E-state index is 0.338. The first-order valence-corrected chi connectivity index (χ1v) is 9.32. The third kappa shape index (κ3) is 3.62. The number of rotatable bonds is 5. The van der Waals surface area contributed by atoms with Crippen LogP contribution in [0.25, 0.3) is 11.1 Å². The highest BCUT2D eigenvalue weighted by atomic mass is 16.1. The predicted octanol–water partition coefficient (Wildman–Crippen LogP) is 3.12. The Hall–Kier alpha value is -3.54. The molecule has 2 aromatic carbocycles. The van der Waals surface area contributed by atoms with Crippen LogP contribution < -0.4 is 21.7 Å². The van der Waals surface area contributed by atoms with Crippen molar-refractivity contribution in [3.63, 3.8) is 0 Å². The molecule has 28 heavy (non-hydrogen) atoms. The molecule has 0 aliphatic carbocycles. The Labute approximate surface area is 164 Å². The van der Waals surface area contributed by atoms with E-state index in [9.17, 15) is 4.79 Å². The van der Waals surface area contributed by atoms with E-state index in [0.717, 1.165) is 42.0 Å². The molecule has 2 heterocycles. The molecule has 0 saturated carbocycles. The Morgan fingerprint density at radius 1 is 1.11 bits per heavy atom. The molecule has 0 bridgehead atoms. The molecule has 1 amide bonds. The lowest BCUT2D eigenvalue weighted by Gasteiger charge is -2.21. The summed E-state index contributed by atoms with van der Waals surface area (Å²) in [7, 11) is 0. The maximum atomic E-state index is 11.9. The average Bonchev–Trinajstić information content (AvgIpc) is 3.17. The first kappa shape index (κ1) is 17.9. The molecule has 5 N–H and O–H groups in total. The summed E-state index contributed by atoms with van der Waals surface area (Å²) in [4.78, 5) is 18.4. The molecule has 1 aromatic heterocycles. The molecule has 1 unspecified atom stereocenters. The van der Waals surface area contributed by atoms with Gasteiger partial charge in [0.25, 0.3) is 0 Å². The van der Waals surface area contributed by atoms with E-state index in [1.54, 1.807) is 12.3 Å². The molecule has 0 spiro atoms. The van der Waals surface area contributed by atoms with Gasteiger partial charge in [0.2, 0.25) is 5.91 Å². The lowest BCUT2D eigenvalue weighted by Crippen LogP contribution is -2.26. The van der Waals surface area contributed by atoms with Gasteiger partial charge in [-0.2, -0.15) is 0 Å². The summed E-state index contributed by atoms with van der Waals surface area (Å²) in [6.07, 6.45) is 4.62. The van der Waals surface area contributed by atoms with E-state index in [1.807, 2.05) is 54.7 Å². The van der Waals surface area contributed by atoms with Gasteiger partial charge in [-0.25, -0.2) is 0 Å². The fourth-order valence-electron chi connectivity index (χ4n) is 3.71. The van der Waals surface area contributed by atoms with Crippen LogP contribution in [-0.2, 0) is 0 Å². The van der Waals surface area contributed by atoms with Gasteiger partial charge in [-0.1, -0.05) is 18.2 Å². The maximum absolute atomic E-state index is 11.9. The van der Waals surface area contributed by atoms with E-state index >= 15 is 0 Å². The fourth-order valence-corrected chi connectivity index (χ4v) is 3.71. The first-order chi connectivity index (χ1) is 13.6. The molecule has 1 saturated heterocycles. The van der Waals surface area contributed by atoms with E-state index in [2.05, 4.69) is 15.2 Å². The Morgan fingerprint density at radius 2 is 1.96 bits per heavy atom. The van der Waals surface area contributed by atoms with Crippen molar-refractivity contribution in [1.82, 2.24) is 4.98 Å². The van der Waals surface area contributed by atoms with Crippen LogP contribution in [-0.4, -0.2) is 30.0 Å². The third-order valence-corrected chi connectivity index (χ3v) is 5.11. The number of pyridine rings is 1. The highest BCUT2D eigenvalue weighted by molar-refractivity contribution is 6.02. The number of nitrogens with zero attached hydrogens (tertiary/aromatic N) is 2. The van der Waals surface area contributed by atoms with Crippen molar-refractivity contribution < 1.29 is 4.79 Å². The molecule has 6 heteroatoms. The Kier molecular flexibility index (Phi) is 4.85. The van der Waals surface area contributed by atoms with E-state index in [1.165, 1.54) is 0 Å². The monoisotopic (exact) mass is 373 g/mol. The molecule has 142 valence electrons. The normalized spacial score (nSPS) is 16.1. The maximum Gasteiger partial charge on any atom is 0.249 e. The van der Waals surface area contributed by atoms with Gasteiger partial charge in [0, 0.05) is 54.0 Å². The predicted molar refractivity (Wildman–Crippen MR) is 113 cm³/mol. The van der Waals surface area contributed by atoms with Crippen molar-refractivity contribution in [3.8, 4) is 11.1 Å². The number of aromatic nitrogens is 1. The zero-order chi connectivity index (χ0) is 19.5. The summed E-state index contributed by atoms with van der Waals surface area (Å²) < 4.78 is 0. The molecule has 1 fully saturated rings. The highest BCUT2D eigenvalue weighted by Crippen LogP contribution is 2.33. The summed E-state index contributed by atoms with van der Waals surface area (Å²) in [6.45, 7) is 1.80. The molecule has 6 nitrogen and oxygen atoms in total. The lowest BCUT2D eigenvalue weighted by atomic mass is 9.97. The van der Waals surface area contributed by atoms with Crippen LogP contribution in [0, 0.1) is 0 Å². The molecular weight excluding hydrogens is 350 g/mol. The standard InChI is InChI=1S/C22H23N5O/c23-21-6-2-1-5-18(21)20-12-17(7-8-19(20)22(24)28)27-11-9-16(14-27)26-15-4-3-10-25-13-15/h1-8,10,12-13,16,26H,9,11,14,23H2,(H2,24,28). The summed E-state index contributed by atoms with van der Waals surface area (Å²) in [5.41, 5.74) is 16.5. The number of anilines is 3. The van der Waals surface area contributed by atoms with Crippen LogP contribution in [0.2, 0.25) is 0 Å². The van der Waals surface area contributed by atoms with Gasteiger partial charge in [-0.05, 0) is 48.4 Å². The molecule has 1 aliphatic heterocycles. The number of hydrogen-bond acceptors (Lipinski definition) is 5. The molecular formula is C22H23N5O. The van der Waals surface area contributed by atoms with Gasteiger partial charge in [0.1, 0.15) is 0 Å². The van der Waals surface area contributed by atoms with Gasteiger partial charge >= 0.3 is 0 Å². The van der Waals surface area contributed by atoms with E-state index in [-0.39, 0.29) is 0 Å². The quantitative estimate of drug-likeness (QED) is 0.597. The number of nitrogens with one attached hydrogen (secondary N) is 1. The molecule has 4 rings (SSSR count). The number of primary amides is 1. The van der Waals surface area contributed by atoms with Crippen molar-refractivity contribution in [3.05, 3.63) is 72.6 Å². The van der Waals surface area contributed by atoms with Crippen molar-refractivity contribution in [2.45, 2.75) is 12.5 Å². The number of carbonyl (C=O) groups is 1. The van der Waals surface area contributed by atoms with Gasteiger partial charge in [0.05, 0.1) is 5.69 Å². The second-order valence-electron chi connectivity index (χ2n) is 7.00. The van der Waals surface area contributed by atoms with Crippen molar-refractivity contribution in [1.29, 1.82) is 0 Å². The Morgan fingerprint density at radius 3 is 2.71 bits per heavy atom. The van der Waals surface area contributed by atoms with Gasteiger partial charge < -0.3 is 21.7 Å². The zero-order valence-electron chi connectivity index (χ0n) is 15.5. The average molecular weight is 373 g/mol. The summed E-state index contributed by atoms with van der Waals surface area (Å²) in [5, 5.41) is 3.53. The van der Waals surface area contributed by atoms with E-state index in [4.69, 9.17) is 11.5 Å². The van der Waals surface area contributed by atoms with Crippen molar-refractivity contribution in [2.75, 3.05) is 29.0 Å². The van der Waals surface area contributed by atoms with Gasteiger partial charge in [-0.3, -0.25) is 9.78 Å². The lowest BCUT2D eigenvalue weighted by molar-refractivity contribution is 0.100. The molecule has 1 aliphatic rings. The van der Waals surface area contributed by atoms with Gasteiger partial charge in [0.15, 0.2) is 0 Å². The van der Waals surface area contributed by atoms with Crippen LogP contribution in [0.15, 0.2) is 67.0 Å². The minimum Gasteiger partial charge on any atom is -0.398 e. The van der Waals surface area contributed by atoms with Crippen LogP contribution in [0.5, 0.6) is 0 Å². The SMILES string of the molecule is NC(=O)c1ccc(N2CCC(Nc3cccnc3)C2)cc1-c1ccccc1N. The summed E-state index contributed by atoms with van der Waals surface area (Å²) >= 11 is 0. The molecule has 3 aromatic rings. The number of nitrogen functional groups attached to an aromatic ring is 1. The van der Waals surface area contributed by atoms with Crippen LogP contribution in [0.3, 0.4) is 0 Å². The number of nitrogens with two attached hydrogens (primary N) is 2. The minimum atomic E-state index is -0.456. The number of hydrogen-bond donors (Lipinski definition) is 3. The van der Waals surface area contributed by atoms with Crippen LogP contribution in [0.4, 0.5) is 17.1 Å². The third-order valence-electron chi connectivity index (χ3n) is 5.11. The fraction of sp³-hybridized carbons (Fsp3) is 0.182. The number of carbonyl (C=O) groups excluding carboxylic acids is 1. The van der Waals surface area contributed by atoms with Gasteiger partial charge in [-0.15, -0.1) is 0 Å².